The molecule has 1 N–H and O–H groups in total. The first-order valence-corrected chi connectivity index (χ1v) is 10.9. The summed E-state index contributed by atoms with van der Waals surface area (Å²) in [6.07, 6.45) is 0.929. The van der Waals surface area contributed by atoms with Crippen molar-refractivity contribution in [1.29, 1.82) is 0 Å². The van der Waals surface area contributed by atoms with Gasteiger partial charge in [0.25, 0.3) is 10.0 Å². The molecule has 0 saturated heterocycles. The molecule has 0 bridgehead atoms. The standard InChI is InChI=1S/C17H19F2NO4S2/c1-3-12(2)13-4-8-16(9-5-13)26(23,24)20-14-6-10-15(11-7-14)25(21,22)17(18)19/h4-12,17,20H,3H2,1-2H3/t12-/m1/s1. The summed E-state index contributed by atoms with van der Waals surface area (Å²) in [5.74, 6) is -3.22. The molecule has 0 fully saturated rings. The van der Waals surface area contributed by atoms with E-state index in [0.29, 0.717) is 5.92 Å². The predicted molar refractivity (Wildman–Crippen MR) is 95.6 cm³/mol. The minimum atomic E-state index is -4.72. The number of sulfone groups is 1. The van der Waals surface area contributed by atoms with Gasteiger partial charge >= 0.3 is 5.76 Å². The number of benzene rings is 2. The first-order chi connectivity index (χ1) is 12.1. The highest BCUT2D eigenvalue weighted by Crippen LogP contribution is 2.24. The average molecular weight is 403 g/mol. The van der Waals surface area contributed by atoms with Gasteiger partial charge in [0.05, 0.1) is 9.79 Å². The molecule has 0 radical (unpaired) electrons. The van der Waals surface area contributed by atoms with Gasteiger partial charge in [0.1, 0.15) is 0 Å². The van der Waals surface area contributed by atoms with Gasteiger partial charge in [0.15, 0.2) is 0 Å². The van der Waals surface area contributed by atoms with Gasteiger partial charge in [-0.1, -0.05) is 26.0 Å². The predicted octanol–water partition coefficient (Wildman–Crippen LogP) is 4.00. The molecule has 2 aromatic carbocycles. The lowest BCUT2D eigenvalue weighted by molar-refractivity contribution is 0.234. The molecular formula is C17H19F2NO4S2. The Balaban J connectivity index is 2.22. The van der Waals surface area contributed by atoms with Crippen LogP contribution in [0.5, 0.6) is 0 Å². The van der Waals surface area contributed by atoms with Crippen molar-refractivity contribution in [2.24, 2.45) is 0 Å². The first-order valence-electron chi connectivity index (χ1n) is 7.83. The molecule has 0 amide bonds. The van der Waals surface area contributed by atoms with Crippen LogP contribution in [-0.4, -0.2) is 22.6 Å². The van der Waals surface area contributed by atoms with Gasteiger partial charge in [-0.25, -0.2) is 16.8 Å². The second-order valence-corrected chi connectivity index (χ2v) is 9.41. The van der Waals surface area contributed by atoms with Gasteiger partial charge in [-0.2, -0.15) is 8.78 Å². The monoisotopic (exact) mass is 403 g/mol. The van der Waals surface area contributed by atoms with Crippen molar-refractivity contribution < 1.29 is 25.6 Å². The quantitative estimate of drug-likeness (QED) is 0.758. The molecule has 0 heterocycles. The van der Waals surface area contributed by atoms with E-state index >= 15 is 0 Å². The summed E-state index contributed by atoms with van der Waals surface area (Å²) in [6, 6.07) is 10.6. The van der Waals surface area contributed by atoms with E-state index in [1.54, 1.807) is 12.1 Å². The summed E-state index contributed by atoms with van der Waals surface area (Å²) in [6.45, 7) is 4.07. The number of alkyl halides is 2. The summed E-state index contributed by atoms with van der Waals surface area (Å²) in [4.78, 5) is -0.526. The minimum Gasteiger partial charge on any atom is -0.280 e. The molecule has 26 heavy (non-hydrogen) atoms. The Morgan fingerprint density at radius 2 is 1.38 bits per heavy atom. The molecular weight excluding hydrogens is 384 g/mol. The van der Waals surface area contributed by atoms with Crippen LogP contribution in [-0.2, 0) is 19.9 Å². The van der Waals surface area contributed by atoms with Crippen molar-refractivity contribution in [3.8, 4) is 0 Å². The molecule has 0 aliphatic rings. The zero-order chi connectivity index (χ0) is 19.5. The third kappa shape index (κ3) is 4.39. The summed E-state index contributed by atoms with van der Waals surface area (Å²) in [5.41, 5.74) is 1.09. The average Bonchev–Trinajstić information content (AvgIpc) is 2.61. The van der Waals surface area contributed by atoms with Crippen LogP contribution < -0.4 is 4.72 Å². The Hall–Kier alpha value is -2.00. The summed E-state index contributed by atoms with van der Waals surface area (Å²) in [7, 11) is -8.59. The number of hydrogen-bond donors (Lipinski definition) is 1. The second-order valence-electron chi connectivity index (χ2n) is 5.81. The SMILES string of the molecule is CC[C@@H](C)c1ccc(S(=O)(=O)Nc2ccc(S(=O)(=O)C(F)F)cc2)cc1. The van der Waals surface area contributed by atoms with Crippen molar-refractivity contribution in [1.82, 2.24) is 0 Å². The van der Waals surface area contributed by atoms with Crippen LogP contribution in [0.4, 0.5) is 14.5 Å². The number of anilines is 1. The molecule has 2 rings (SSSR count). The Labute approximate surface area is 152 Å². The van der Waals surface area contributed by atoms with Gasteiger partial charge in [-0.3, -0.25) is 4.72 Å². The zero-order valence-corrected chi connectivity index (χ0v) is 15.8. The van der Waals surface area contributed by atoms with Gasteiger partial charge in [0, 0.05) is 5.69 Å². The fourth-order valence-corrected chi connectivity index (χ4v) is 4.02. The van der Waals surface area contributed by atoms with E-state index in [1.165, 1.54) is 12.1 Å². The fourth-order valence-electron chi connectivity index (χ4n) is 2.24. The largest absolute Gasteiger partial charge is 0.341 e. The van der Waals surface area contributed by atoms with E-state index in [4.69, 9.17) is 0 Å². The van der Waals surface area contributed by atoms with E-state index in [9.17, 15) is 25.6 Å². The third-order valence-electron chi connectivity index (χ3n) is 4.04. The van der Waals surface area contributed by atoms with Crippen molar-refractivity contribution in [2.45, 2.75) is 41.7 Å². The van der Waals surface area contributed by atoms with E-state index in [0.717, 1.165) is 36.2 Å². The van der Waals surface area contributed by atoms with Crippen LogP contribution in [0, 0.1) is 0 Å². The molecule has 0 aliphatic heterocycles. The van der Waals surface area contributed by atoms with E-state index in [-0.39, 0.29) is 10.6 Å². The third-order valence-corrected chi connectivity index (χ3v) is 6.84. The molecule has 2 aromatic rings. The Bertz CT molecular complexity index is 955. The van der Waals surface area contributed by atoms with Gasteiger partial charge in [-0.05, 0) is 54.3 Å². The molecule has 0 aliphatic carbocycles. The van der Waals surface area contributed by atoms with Gasteiger partial charge < -0.3 is 0 Å². The van der Waals surface area contributed by atoms with E-state index in [1.807, 2.05) is 13.8 Å². The molecule has 0 spiro atoms. The molecule has 0 saturated carbocycles. The van der Waals surface area contributed by atoms with Crippen LogP contribution in [0.15, 0.2) is 58.3 Å². The lowest BCUT2D eigenvalue weighted by Crippen LogP contribution is -2.14. The molecule has 0 unspecified atom stereocenters. The number of nitrogens with one attached hydrogen (secondary N) is 1. The highest BCUT2D eigenvalue weighted by Gasteiger charge is 2.26. The van der Waals surface area contributed by atoms with Crippen LogP contribution in [0.2, 0.25) is 0 Å². The number of halogens is 2. The molecule has 0 aromatic heterocycles. The lowest BCUT2D eigenvalue weighted by atomic mass is 9.99. The van der Waals surface area contributed by atoms with Crippen molar-refractivity contribution in [3.05, 3.63) is 54.1 Å². The van der Waals surface area contributed by atoms with Crippen molar-refractivity contribution >= 4 is 25.5 Å². The Morgan fingerprint density at radius 3 is 1.85 bits per heavy atom. The summed E-state index contributed by atoms with van der Waals surface area (Å²) >= 11 is 0. The van der Waals surface area contributed by atoms with Crippen molar-refractivity contribution in [3.63, 3.8) is 0 Å². The minimum absolute atomic E-state index is 0.0498. The molecule has 142 valence electrons. The van der Waals surface area contributed by atoms with Crippen LogP contribution in [0.3, 0.4) is 0 Å². The number of rotatable bonds is 7. The number of hydrogen-bond acceptors (Lipinski definition) is 4. The first kappa shape index (κ1) is 20.3. The lowest BCUT2D eigenvalue weighted by Gasteiger charge is -2.12. The summed E-state index contributed by atoms with van der Waals surface area (Å²) < 4.78 is 74.8. The van der Waals surface area contributed by atoms with Crippen molar-refractivity contribution in [2.75, 3.05) is 4.72 Å². The maximum atomic E-state index is 12.5. The van der Waals surface area contributed by atoms with Gasteiger partial charge in [0.2, 0.25) is 9.84 Å². The van der Waals surface area contributed by atoms with Crippen LogP contribution in [0.1, 0.15) is 31.7 Å². The van der Waals surface area contributed by atoms with E-state index in [2.05, 4.69) is 4.72 Å². The fraction of sp³-hybridized carbons (Fsp3) is 0.294. The van der Waals surface area contributed by atoms with Crippen LogP contribution >= 0.6 is 0 Å². The highest BCUT2D eigenvalue weighted by atomic mass is 32.2. The maximum absolute atomic E-state index is 12.5. The van der Waals surface area contributed by atoms with E-state index < -0.39 is 30.5 Å². The molecule has 9 heteroatoms. The maximum Gasteiger partial charge on any atom is 0.341 e. The Kier molecular flexibility index (Phi) is 6.02. The number of sulfonamides is 1. The zero-order valence-electron chi connectivity index (χ0n) is 14.2. The topological polar surface area (TPSA) is 80.3 Å². The highest BCUT2D eigenvalue weighted by molar-refractivity contribution is 7.92. The van der Waals surface area contributed by atoms with Crippen LogP contribution in [0.25, 0.3) is 0 Å². The molecule has 5 nitrogen and oxygen atoms in total. The molecule has 1 atom stereocenters. The normalized spacial score (nSPS) is 13.6. The second kappa shape index (κ2) is 7.71. The summed E-state index contributed by atoms with van der Waals surface area (Å²) in [5, 5.41) is 0. The Morgan fingerprint density at radius 1 is 0.885 bits per heavy atom. The van der Waals surface area contributed by atoms with Gasteiger partial charge in [-0.15, -0.1) is 0 Å². The smallest absolute Gasteiger partial charge is 0.280 e.